The molecule has 0 unspecified atom stereocenters. The Labute approximate surface area is 105 Å². The fourth-order valence-corrected chi connectivity index (χ4v) is 1.67. The number of hydrogen-bond donors (Lipinski definition) is 1. The first kappa shape index (κ1) is 13.1. The molecule has 0 spiro atoms. The molecule has 2 rings (SSSR count). The first-order valence-corrected chi connectivity index (χ1v) is 5.21. The molecule has 19 heavy (non-hydrogen) atoms. The van der Waals surface area contributed by atoms with Crippen molar-refractivity contribution < 1.29 is 18.0 Å². The van der Waals surface area contributed by atoms with E-state index in [1.54, 1.807) is 0 Å². The molecule has 2 heterocycles. The molecule has 2 N–H and O–H groups in total. The molecule has 8 heteroatoms. The summed E-state index contributed by atoms with van der Waals surface area (Å²) in [4.78, 5) is 18.6. The van der Waals surface area contributed by atoms with Crippen LogP contribution < -0.4 is 5.73 Å². The summed E-state index contributed by atoms with van der Waals surface area (Å²) < 4.78 is 39.3. The Kier molecular flexibility index (Phi) is 3.24. The first-order valence-electron chi connectivity index (χ1n) is 5.21. The zero-order valence-electron chi connectivity index (χ0n) is 9.55. The van der Waals surface area contributed by atoms with Gasteiger partial charge in [-0.2, -0.15) is 13.2 Å². The van der Waals surface area contributed by atoms with Gasteiger partial charge in [0.1, 0.15) is 17.7 Å². The molecule has 0 atom stereocenters. The summed E-state index contributed by atoms with van der Waals surface area (Å²) in [6, 6.07) is 3.33. The standard InChI is InChI=1S/C11H9F3N4O/c12-11(13,14)9-2-1-8(10(15)19)18(9)5-7-3-4-16-6-17-7/h1-4,6H,5H2,(H2,15,19). The molecule has 0 radical (unpaired) electrons. The van der Waals surface area contributed by atoms with Crippen LogP contribution in [-0.4, -0.2) is 20.4 Å². The summed E-state index contributed by atoms with van der Waals surface area (Å²) in [5, 5.41) is 0. The first-order chi connectivity index (χ1) is 8.89. The molecule has 2 aromatic rings. The van der Waals surface area contributed by atoms with Crippen molar-refractivity contribution in [3.05, 3.63) is 47.8 Å². The monoisotopic (exact) mass is 270 g/mol. The third kappa shape index (κ3) is 2.72. The Morgan fingerprint density at radius 2 is 2.05 bits per heavy atom. The minimum atomic E-state index is -4.57. The van der Waals surface area contributed by atoms with E-state index in [4.69, 9.17) is 5.73 Å². The molecule has 0 aliphatic heterocycles. The average Bonchev–Trinajstić information content (AvgIpc) is 2.74. The molecule has 0 aromatic carbocycles. The smallest absolute Gasteiger partial charge is 0.364 e. The largest absolute Gasteiger partial charge is 0.431 e. The Bertz CT molecular complexity index is 592. The van der Waals surface area contributed by atoms with Gasteiger partial charge in [-0.15, -0.1) is 0 Å². The topological polar surface area (TPSA) is 73.8 Å². The molecular formula is C11H9F3N4O. The fraction of sp³-hybridized carbons (Fsp3) is 0.182. The van der Waals surface area contributed by atoms with Crippen molar-refractivity contribution in [1.29, 1.82) is 0 Å². The second-order valence-electron chi connectivity index (χ2n) is 3.75. The fourth-order valence-electron chi connectivity index (χ4n) is 1.67. The number of nitrogens with two attached hydrogens (primary N) is 1. The number of primary amides is 1. The van der Waals surface area contributed by atoms with E-state index in [2.05, 4.69) is 9.97 Å². The number of carbonyl (C=O) groups excluding carboxylic acids is 1. The Hall–Kier alpha value is -2.38. The lowest BCUT2D eigenvalue weighted by atomic mass is 10.3. The van der Waals surface area contributed by atoms with Crippen molar-refractivity contribution >= 4 is 5.91 Å². The predicted octanol–water partition coefficient (Wildman–Crippen LogP) is 1.44. The zero-order chi connectivity index (χ0) is 14.0. The van der Waals surface area contributed by atoms with Crippen LogP contribution in [0, 0.1) is 0 Å². The minimum Gasteiger partial charge on any atom is -0.364 e. The van der Waals surface area contributed by atoms with Crippen molar-refractivity contribution in [2.24, 2.45) is 5.73 Å². The lowest BCUT2D eigenvalue weighted by Gasteiger charge is -2.13. The van der Waals surface area contributed by atoms with Gasteiger partial charge in [-0.3, -0.25) is 4.79 Å². The van der Waals surface area contributed by atoms with Gasteiger partial charge in [0.25, 0.3) is 5.91 Å². The van der Waals surface area contributed by atoms with Gasteiger partial charge in [-0.05, 0) is 18.2 Å². The molecule has 5 nitrogen and oxygen atoms in total. The Morgan fingerprint density at radius 1 is 1.32 bits per heavy atom. The predicted molar refractivity (Wildman–Crippen MR) is 59.1 cm³/mol. The van der Waals surface area contributed by atoms with Crippen LogP contribution in [0.4, 0.5) is 13.2 Å². The van der Waals surface area contributed by atoms with Crippen LogP contribution in [0.3, 0.4) is 0 Å². The molecule has 0 saturated heterocycles. The van der Waals surface area contributed by atoms with Crippen LogP contribution >= 0.6 is 0 Å². The molecule has 0 aliphatic rings. The number of amides is 1. The number of rotatable bonds is 3. The van der Waals surface area contributed by atoms with Gasteiger partial charge < -0.3 is 10.3 Å². The minimum absolute atomic E-state index is 0.206. The molecule has 0 fully saturated rings. The van der Waals surface area contributed by atoms with E-state index in [9.17, 15) is 18.0 Å². The van der Waals surface area contributed by atoms with Crippen molar-refractivity contribution in [3.8, 4) is 0 Å². The van der Waals surface area contributed by atoms with Crippen LogP contribution in [0.25, 0.3) is 0 Å². The molecule has 0 aliphatic carbocycles. The third-order valence-corrected chi connectivity index (χ3v) is 2.49. The normalized spacial score (nSPS) is 11.5. The molecule has 1 amide bonds. The van der Waals surface area contributed by atoms with Crippen LogP contribution in [0.2, 0.25) is 0 Å². The molecule has 100 valence electrons. The Balaban J connectivity index is 2.47. The van der Waals surface area contributed by atoms with E-state index in [1.807, 2.05) is 0 Å². The maximum Gasteiger partial charge on any atom is 0.431 e. The van der Waals surface area contributed by atoms with Gasteiger partial charge in [0, 0.05) is 6.20 Å². The highest BCUT2D eigenvalue weighted by atomic mass is 19.4. The lowest BCUT2D eigenvalue weighted by molar-refractivity contribution is -0.143. The highest BCUT2D eigenvalue weighted by Crippen LogP contribution is 2.31. The van der Waals surface area contributed by atoms with Crippen LogP contribution in [0.15, 0.2) is 30.7 Å². The van der Waals surface area contributed by atoms with E-state index in [0.29, 0.717) is 5.69 Å². The van der Waals surface area contributed by atoms with E-state index in [-0.39, 0.29) is 12.2 Å². The number of alkyl halides is 3. The van der Waals surface area contributed by atoms with Gasteiger partial charge in [-0.1, -0.05) is 0 Å². The molecule has 2 aromatic heterocycles. The lowest BCUT2D eigenvalue weighted by Crippen LogP contribution is -2.22. The molecule has 0 saturated carbocycles. The highest BCUT2D eigenvalue weighted by molar-refractivity contribution is 5.91. The van der Waals surface area contributed by atoms with Gasteiger partial charge >= 0.3 is 6.18 Å². The second kappa shape index (κ2) is 4.71. The zero-order valence-corrected chi connectivity index (χ0v) is 9.55. The number of hydrogen-bond acceptors (Lipinski definition) is 3. The summed E-state index contributed by atoms with van der Waals surface area (Å²) in [7, 11) is 0. The van der Waals surface area contributed by atoms with E-state index in [1.165, 1.54) is 18.6 Å². The van der Waals surface area contributed by atoms with E-state index < -0.39 is 17.8 Å². The summed E-state index contributed by atoms with van der Waals surface area (Å²) in [6.45, 7) is -0.206. The summed E-state index contributed by atoms with van der Waals surface area (Å²) in [5.41, 5.74) is 4.25. The van der Waals surface area contributed by atoms with Crippen LogP contribution in [-0.2, 0) is 12.7 Å². The van der Waals surface area contributed by atoms with Crippen LogP contribution in [0.1, 0.15) is 21.9 Å². The molecule has 0 bridgehead atoms. The number of nitrogens with zero attached hydrogens (tertiary/aromatic N) is 3. The maximum absolute atomic E-state index is 12.8. The van der Waals surface area contributed by atoms with Crippen molar-refractivity contribution in [1.82, 2.24) is 14.5 Å². The van der Waals surface area contributed by atoms with Crippen molar-refractivity contribution in [2.45, 2.75) is 12.7 Å². The Morgan fingerprint density at radius 3 is 2.58 bits per heavy atom. The maximum atomic E-state index is 12.8. The summed E-state index contributed by atoms with van der Waals surface area (Å²) >= 11 is 0. The second-order valence-corrected chi connectivity index (χ2v) is 3.75. The van der Waals surface area contributed by atoms with Crippen molar-refractivity contribution in [3.63, 3.8) is 0 Å². The number of aromatic nitrogens is 3. The quantitative estimate of drug-likeness (QED) is 0.917. The van der Waals surface area contributed by atoms with E-state index >= 15 is 0 Å². The average molecular weight is 270 g/mol. The van der Waals surface area contributed by atoms with E-state index in [0.717, 1.165) is 16.7 Å². The van der Waals surface area contributed by atoms with Gasteiger partial charge in [0.15, 0.2) is 0 Å². The SMILES string of the molecule is NC(=O)c1ccc(C(F)(F)F)n1Cc1ccncn1. The van der Waals surface area contributed by atoms with Crippen molar-refractivity contribution in [2.75, 3.05) is 0 Å². The van der Waals surface area contributed by atoms with Gasteiger partial charge in [-0.25, -0.2) is 9.97 Å². The molecular weight excluding hydrogens is 261 g/mol. The summed E-state index contributed by atoms with van der Waals surface area (Å²) in [6.07, 6.45) is -1.94. The van der Waals surface area contributed by atoms with Gasteiger partial charge in [0.05, 0.1) is 12.2 Å². The van der Waals surface area contributed by atoms with Crippen LogP contribution in [0.5, 0.6) is 0 Å². The number of carbonyl (C=O) groups is 1. The highest BCUT2D eigenvalue weighted by Gasteiger charge is 2.35. The number of halogens is 3. The summed E-state index contributed by atoms with van der Waals surface area (Å²) in [5.74, 6) is -0.926. The third-order valence-electron chi connectivity index (χ3n) is 2.49. The van der Waals surface area contributed by atoms with Gasteiger partial charge in [0.2, 0.25) is 0 Å².